The molecule has 6 aromatic rings. The first-order chi connectivity index (χ1) is 68.4. The van der Waals surface area contributed by atoms with Gasteiger partial charge < -0.3 is 32.1 Å². The van der Waals surface area contributed by atoms with E-state index in [0.29, 0.717) is 49.9 Å². The predicted molar refractivity (Wildman–Crippen MR) is 693 cm³/mol. The van der Waals surface area contributed by atoms with Gasteiger partial charge in [-0.3, -0.25) is 9.59 Å². The van der Waals surface area contributed by atoms with Crippen molar-refractivity contribution in [3.05, 3.63) is 202 Å². The number of nitrogens with zero attached hydrogens (tertiary/aromatic N) is 1. The van der Waals surface area contributed by atoms with Crippen LogP contribution in [0, 0.1) is 17.9 Å². The number of aliphatic hydroxyl groups is 1. The molecular formula is C119H201AlF3I5N2O13S3Si4. The van der Waals surface area contributed by atoms with Gasteiger partial charge in [-0.05, 0) is 373 Å². The molecule has 0 heterocycles. The van der Waals surface area contributed by atoms with E-state index in [2.05, 4.69) is 417 Å². The van der Waals surface area contributed by atoms with Crippen LogP contribution in [0.5, 0.6) is 0 Å². The number of hydrogen-bond acceptors (Lipinski definition) is 12. The molecule has 0 saturated heterocycles. The summed E-state index contributed by atoms with van der Waals surface area (Å²) in [7, 11) is -14.8. The molecule has 2 atom stereocenters. The van der Waals surface area contributed by atoms with Crippen molar-refractivity contribution >= 4 is 210 Å². The molecule has 15 nitrogen and oxygen atoms in total. The van der Waals surface area contributed by atoms with E-state index in [1.54, 1.807) is 41.5 Å². The van der Waals surface area contributed by atoms with Gasteiger partial charge in [0, 0.05) is 65.0 Å². The van der Waals surface area contributed by atoms with E-state index in [1.807, 2.05) is 103 Å². The van der Waals surface area contributed by atoms with Crippen molar-refractivity contribution in [3.8, 4) is 0 Å². The first-order valence-corrected chi connectivity index (χ1v) is 75.4. The highest BCUT2D eigenvalue weighted by Gasteiger charge is 2.57. The van der Waals surface area contributed by atoms with Crippen molar-refractivity contribution in [3.63, 3.8) is 0 Å². The van der Waals surface area contributed by atoms with Crippen LogP contribution in [0.1, 0.15) is 380 Å². The Hall–Kier alpha value is -1.22. The lowest BCUT2D eigenvalue weighted by Gasteiger charge is -2.44. The van der Waals surface area contributed by atoms with Crippen LogP contribution >= 0.6 is 113 Å². The molecule has 0 bridgehead atoms. The van der Waals surface area contributed by atoms with Crippen molar-refractivity contribution in [2.75, 3.05) is 33.5 Å². The van der Waals surface area contributed by atoms with Crippen LogP contribution in [0.2, 0.25) is 83.9 Å². The average Bonchev–Trinajstić information content (AvgIpc) is 0.769. The number of carboxylic acid groups (broad SMARTS) is 1. The summed E-state index contributed by atoms with van der Waals surface area (Å²) in [5, 5.41) is 17.6. The van der Waals surface area contributed by atoms with Crippen LogP contribution in [0.4, 0.5) is 13.2 Å². The Morgan fingerprint density at radius 2 is 0.700 bits per heavy atom. The third-order valence-electron chi connectivity index (χ3n) is 29.0. The number of halogens is 8. The molecular weight excluding hydrogens is 2590 g/mol. The Bertz CT molecular complexity index is 5000. The fraction of sp³-hybridized carbons (Fsp3) is 0.672. The third-order valence-corrected chi connectivity index (χ3v) is 61.7. The molecule has 0 aliphatic heterocycles. The highest BCUT2D eigenvalue weighted by Crippen LogP contribution is 2.50. The van der Waals surface area contributed by atoms with E-state index in [9.17, 15) is 39.6 Å². The lowest BCUT2D eigenvalue weighted by molar-refractivity contribution is -0.146. The maximum absolute atomic E-state index is 13.2. The monoisotopic (exact) mass is 2790 g/mol. The van der Waals surface area contributed by atoms with E-state index in [1.165, 1.54) is 89.9 Å². The molecule has 2 fully saturated rings. The number of alkyl halides is 3. The minimum atomic E-state index is -5.53. The third kappa shape index (κ3) is 47.3. The quantitative estimate of drug-likeness (QED) is 0.0145. The SMILES string of the molecule is CC(C)(C)S(=O)N=C1CCCCC1.CC(C)(CO)c1cccc(I)c1.CC(C)[Si](OCC(C)(C)c1cccc(C2(NS(=O)C(C)(C)C)CCCCC2)c1)(C(C)C)C(C)C.CC(C)[Si](OCC(C)(C)c1cccc(I)c1)(C(C)C)C(C)C.CC(C)[Si](OCC(C)(C)c1cccc(I)c1)(C(C)C)C(C)C.CC(C)[Si](OS(=O)(=O)C(F)(F)F)(C(C)C)C(C)C.COC(=O)C(C)(C)c1cccc(I)c1.O=C(O)Cc1cccc(I)c1.[CH3][Al]([CH3])[CH3]. The number of ether oxygens (including phenoxy) is 1. The van der Waals surface area contributed by atoms with Gasteiger partial charge in [-0.25, -0.2) is 13.1 Å². The van der Waals surface area contributed by atoms with Crippen LogP contribution in [0.25, 0.3) is 0 Å². The Balaban J connectivity index is 0.00000173. The summed E-state index contributed by atoms with van der Waals surface area (Å²) < 4.78 is 128. The van der Waals surface area contributed by atoms with Crippen molar-refractivity contribution in [1.82, 2.24) is 4.72 Å². The molecule has 3 N–H and O–H groups in total. The van der Waals surface area contributed by atoms with E-state index >= 15 is 0 Å². The minimum absolute atomic E-state index is 0.0537. The first-order valence-electron chi connectivity index (χ1n) is 54.3. The number of benzene rings is 6. The Kier molecular flexibility index (Phi) is 66.0. The van der Waals surface area contributed by atoms with Gasteiger partial charge in [0.15, 0.2) is 25.0 Å². The van der Waals surface area contributed by atoms with E-state index < -0.39 is 82.3 Å². The second-order valence-corrected chi connectivity index (χ2v) is 87.3. The second-order valence-electron chi connectivity index (χ2n) is 50.2. The number of methoxy groups -OCH3 is 1. The molecule has 31 heteroatoms. The largest absolute Gasteiger partial charge is 0.522 e. The van der Waals surface area contributed by atoms with Gasteiger partial charge in [-0.1, -0.05) is 332 Å². The highest BCUT2D eigenvalue weighted by molar-refractivity contribution is 14.1. The molecule has 2 aliphatic rings. The fourth-order valence-electron chi connectivity index (χ4n) is 20.6. The number of aliphatic carboxylic acids is 1. The predicted octanol–water partition coefficient (Wildman–Crippen LogP) is 37.4. The maximum Gasteiger partial charge on any atom is 0.522 e. The zero-order valence-corrected chi connectivity index (χ0v) is 119. The number of carbonyl (C=O) groups excluding carboxylic acids is 1. The molecule has 0 amide bonds. The van der Waals surface area contributed by atoms with Gasteiger partial charge in [0.05, 0.1) is 51.6 Å². The van der Waals surface area contributed by atoms with E-state index in [4.69, 9.17) is 32.1 Å². The molecule has 2 aliphatic carbocycles. The Morgan fingerprint density at radius 3 is 0.973 bits per heavy atom. The van der Waals surface area contributed by atoms with E-state index in [-0.39, 0.29) is 86.5 Å². The molecule has 0 spiro atoms. The van der Waals surface area contributed by atoms with Crippen molar-refractivity contribution < 1.29 is 71.7 Å². The average molecular weight is 2790 g/mol. The summed E-state index contributed by atoms with van der Waals surface area (Å²) in [6.07, 6.45) is 11.7. The number of hydrogen-bond donors (Lipinski definition) is 3. The van der Waals surface area contributed by atoms with Gasteiger partial charge in [0.25, 0.3) is 14.1 Å². The van der Waals surface area contributed by atoms with Crippen LogP contribution in [0.15, 0.2) is 150 Å². The van der Waals surface area contributed by atoms with E-state index in [0.717, 1.165) is 63.8 Å². The smallest absolute Gasteiger partial charge is 0.481 e. The van der Waals surface area contributed by atoms with Gasteiger partial charge in [-0.15, -0.1) is 17.4 Å². The maximum atomic E-state index is 13.2. The molecule has 858 valence electrons. The summed E-state index contributed by atoms with van der Waals surface area (Å²) in [5.41, 5.74) is 8.18. The Labute approximate surface area is 994 Å². The standard InChI is InChI=1S/C29H53NO2SSi.2C19H33IOSi.C11H13IO2.C10H21F3O3SSi.C10H13IO.C10H19NOS.C8H7IO2.3CH3.Al/c1-22(2)34(23(3)4,24(5)6)32-21-28(10,11)25-16-15-17-26(20-25)29(18-13-12-14-19-29)30-33(31)27(7,8)9;2*1-14(2)22(15(3)4,16(5)6)21-13-19(7,8)17-10-9-11-18(20)12-17;1-11(2,10(13)14-3)8-5-4-6-9(12)7-8;1-7(2)18(8(3)4,9(5)6)16-17(14,15)10(11,12)13;1-10(2,7-12)8-4-3-5-9(11)6-8;1-10(2,3)13(12)11-9-7-5-4-6-8-9;9-7-3-1-2-6(4-7)5-8(10)11;;;;/h15-17,20,22-24,30H,12-14,18-19,21H2,1-11H3;2*9-12,14-16H,13H2,1-8H3;4-7H,1-3H3;7-9H,1-6H3;3-6,12H,7H2,1-2H3;4-8H2,1-3H3;1-4H,5H2,(H,10,11);3*1H3;. The number of rotatable bonds is 36. The van der Waals surface area contributed by atoms with Crippen molar-refractivity contribution in [1.29, 1.82) is 0 Å². The van der Waals surface area contributed by atoms with Gasteiger partial charge in [0.1, 0.15) is 11.0 Å². The molecule has 150 heavy (non-hydrogen) atoms. The first kappa shape index (κ1) is 149. The molecule has 2 saturated carbocycles. The number of esters is 1. The fourth-order valence-corrected chi connectivity index (χ4v) is 50.1. The summed E-state index contributed by atoms with van der Waals surface area (Å²) >= 11 is 11.3. The van der Waals surface area contributed by atoms with Crippen molar-refractivity contribution in [2.45, 2.75) is 479 Å². The summed E-state index contributed by atoms with van der Waals surface area (Å²) in [5.74, 6) is 5.92. The number of nitrogens with one attached hydrogen (secondary N) is 1. The summed E-state index contributed by atoms with van der Waals surface area (Å²) in [6, 6.07) is 50.3. The van der Waals surface area contributed by atoms with Crippen LogP contribution in [-0.4, -0.2) is 141 Å². The number of carboxylic acids is 1. The number of carbonyl (C=O) groups is 2. The van der Waals surface area contributed by atoms with Crippen LogP contribution < -0.4 is 4.72 Å². The Morgan fingerprint density at radius 1 is 0.420 bits per heavy atom. The summed E-state index contributed by atoms with van der Waals surface area (Å²) in [4.78, 5) is 21.8. The molecule has 0 radical (unpaired) electrons. The van der Waals surface area contributed by atoms with Crippen molar-refractivity contribution in [2.24, 2.45) is 4.40 Å². The lowest BCUT2D eigenvalue weighted by Crippen LogP contribution is -2.51. The summed E-state index contributed by atoms with van der Waals surface area (Å²) in [6.45, 7) is 89.0. The van der Waals surface area contributed by atoms with Gasteiger partial charge in [0.2, 0.25) is 8.32 Å². The zero-order valence-electron chi connectivity index (χ0n) is 101. The molecule has 0 aromatic heterocycles. The van der Waals surface area contributed by atoms with Crippen LogP contribution in [0.3, 0.4) is 0 Å². The second kappa shape index (κ2) is 66.5. The number of aliphatic hydroxyl groups excluding tert-OH is 1. The van der Waals surface area contributed by atoms with Crippen LogP contribution in [-0.2, 0) is 103 Å². The molecule has 2 unspecified atom stereocenters. The zero-order chi connectivity index (χ0) is 117. The van der Waals surface area contributed by atoms with Gasteiger partial charge >= 0.3 is 27.6 Å². The molecule has 8 rings (SSSR count). The normalized spacial score (nSPS) is 14.7. The van der Waals surface area contributed by atoms with Gasteiger partial charge in [-0.2, -0.15) is 26.0 Å². The molecule has 6 aromatic carbocycles. The topological polar surface area (TPSA) is 213 Å². The lowest BCUT2D eigenvalue weighted by atomic mass is 9.75. The minimum Gasteiger partial charge on any atom is -0.481 e. The highest BCUT2D eigenvalue weighted by atomic mass is 127.